The van der Waals surface area contributed by atoms with E-state index in [-0.39, 0.29) is 43.5 Å². The first-order valence-electron chi connectivity index (χ1n) is 12.0. The highest BCUT2D eigenvalue weighted by Crippen LogP contribution is 2.45. The van der Waals surface area contributed by atoms with Gasteiger partial charge in [-0.3, -0.25) is 14.2 Å². The van der Waals surface area contributed by atoms with Crippen LogP contribution in [-0.4, -0.2) is 64.9 Å². The van der Waals surface area contributed by atoms with Gasteiger partial charge in [0.1, 0.15) is 11.6 Å². The predicted molar refractivity (Wildman–Crippen MR) is 150 cm³/mol. The van der Waals surface area contributed by atoms with Crippen molar-refractivity contribution in [1.29, 1.82) is 0 Å². The van der Waals surface area contributed by atoms with E-state index in [0.29, 0.717) is 15.7 Å². The van der Waals surface area contributed by atoms with Gasteiger partial charge in [-0.15, -0.1) is 0 Å². The lowest BCUT2D eigenvalue weighted by atomic mass is 9.92. The molecule has 3 aromatic rings. The Balaban J connectivity index is 1.63. The SMILES string of the molecule is CC1(Cc2ccc(Br)cc2)C(=O)N(c2cc(Cl)cc(Cl)c2)c2ncc(S(=O)(=O)N3CCNC(C(=O)O)CC3)n21. The van der Waals surface area contributed by atoms with Crippen molar-refractivity contribution in [2.45, 2.75) is 36.4 Å². The minimum Gasteiger partial charge on any atom is -0.480 e. The molecule has 2 aliphatic rings. The minimum atomic E-state index is -4.17. The fourth-order valence-corrected chi connectivity index (χ4v) is 7.47. The number of benzene rings is 2. The number of nitrogens with zero attached hydrogens (tertiary/aromatic N) is 4. The molecule has 2 aromatic carbocycles. The van der Waals surface area contributed by atoms with Crippen LogP contribution in [-0.2, 0) is 31.6 Å². The van der Waals surface area contributed by atoms with Crippen molar-refractivity contribution in [2.75, 3.05) is 24.5 Å². The van der Waals surface area contributed by atoms with Crippen molar-refractivity contribution in [1.82, 2.24) is 19.2 Å². The van der Waals surface area contributed by atoms with Gasteiger partial charge < -0.3 is 10.4 Å². The number of fused-ring (bicyclic) bond motifs is 1. The monoisotopic (exact) mass is 655 g/mol. The van der Waals surface area contributed by atoms with Crippen LogP contribution >= 0.6 is 39.1 Å². The van der Waals surface area contributed by atoms with Gasteiger partial charge in [0.05, 0.1) is 11.9 Å². The third-order valence-electron chi connectivity index (χ3n) is 6.96. The number of rotatable bonds is 6. The minimum absolute atomic E-state index is 0.00218. The maximum absolute atomic E-state index is 14.2. The number of halogens is 3. The molecule has 14 heteroatoms. The van der Waals surface area contributed by atoms with Crippen molar-refractivity contribution in [3.63, 3.8) is 0 Å². The van der Waals surface area contributed by atoms with Gasteiger partial charge in [0.25, 0.3) is 15.9 Å². The number of carboxylic acid groups (broad SMARTS) is 1. The summed E-state index contributed by atoms with van der Waals surface area (Å²) in [4.78, 5) is 31.4. The van der Waals surface area contributed by atoms with Crippen LogP contribution in [0.25, 0.3) is 0 Å². The Morgan fingerprint density at radius 2 is 1.85 bits per heavy atom. The van der Waals surface area contributed by atoms with Crippen molar-refractivity contribution < 1.29 is 23.1 Å². The number of aromatic nitrogens is 2. The van der Waals surface area contributed by atoms with Crippen LogP contribution in [0.1, 0.15) is 18.9 Å². The summed E-state index contributed by atoms with van der Waals surface area (Å²) in [6.45, 7) is 1.91. The highest BCUT2D eigenvalue weighted by atomic mass is 79.9. The van der Waals surface area contributed by atoms with E-state index >= 15 is 0 Å². The number of carboxylic acids is 1. The molecule has 1 saturated heterocycles. The molecule has 39 heavy (non-hydrogen) atoms. The number of sulfonamides is 1. The Bertz CT molecular complexity index is 1540. The second-order valence-electron chi connectivity index (χ2n) is 9.61. The fourth-order valence-electron chi connectivity index (χ4n) is 5.05. The summed E-state index contributed by atoms with van der Waals surface area (Å²) in [5, 5.41) is 12.7. The Morgan fingerprint density at radius 1 is 1.18 bits per heavy atom. The lowest BCUT2D eigenvalue weighted by molar-refractivity contribution is -0.139. The first-order valence-corrected chi connectivity index (χ1v) is 15.0. The van der Waals surface area contributed by atoms with Gasteiger partial charge >= 0.3 is 5.97 Å². The van der Waals surface area contributed by atoms with E-state index in [2.05, 4.69) is 26.2 Å². The van der Waals surface area contributed by atoms with Crippen LogP contribution in [0.5, 0.6) is 0 Å². The third-order valence-corrected chi connectivity index (χ3v) is 9.78. The molecule has 2 unspecified atom stereocenters. The molecule has 0 spiro atoms. The number of imidazole rings is 1. The Kier molecular flexibility index (Phi) is 7.55. The summed E-state index contributed by atoms with van der Waals surface area (Å²) in [7, 11) is -4.17. The molecule has 0 radical (unpaired) electrons. The zero-order valence-electron chi connectivity index (χ0n) is 20.6. The second kappa shape index (κ2) is 10.5. The smallest absolute Gasteiger partial charge is 0.320 e. The maximum atomic E-state index is 14.2. The first-order chi connectivity index (χ1) is 18.4. The topological polar surface area (TPSA) is 125 Å². The molecular weight excluding hydrogens is 633 g/mol. The van der Waals surface area contributed by atoms with E-state index in [0.717, 1.165) is 10.0 Å². The van der Waals surface area contributed by atoms with Gasteiger partial charge in [-0.05, 0) is 49.2 Å². The molecule has 1 amide bonds. The number of carbonyl (C=O) groups excluding carboxylic acids is 1. The highest BCUT2D eigenvalue weighted by molar-refractivity contribution is 9.10. The third kappa shape index (κ3) is 5.09. The average molecular weight is 657 g/mol. The molecule has 0 bridgehead atoms. The average Bonchev–Trinajstić information content (AvgIpc) is 3.25. The molecule has 1 aromatic heterocycles. The van der Waals surface area contributed by atoms with Crippen molar-refractivity contribution in [2.24, 2.45) is 0 Å². The molecule has 2 atom stereocenters. The fraction of sp³-hybridized carbons (Fsp3) is 0.320. The van der Waals surface area contributed by atoms with Crippen LogP contribution < -0.4 is 10.2 Å². The van der Waals surface area contributed by atoms with Crippen LogP contribution in [0.4, 0.5) is 11.6 Å². The lowest BCUT2D eigenvalue weighted by Gasteiger charge is -2.28. The number of nitrogens with one attached hydrogen (secondary N) is 1. The van der Waals surface area contributed by atoms with Crippen LogP contribution in [0.15, 0.2) is 58.2 Å². The van der Waals surface area contributed by atoms with Crippen LogP contribution in [0, 0.1) is 0 Å². The summed E-state index contributed by atoms with van der Waals surface area (Å²) in [6.07, 6.45) is 1.51. The van der Waals surface area contributed by atoms with E-state index in [4.69, 9.17) is 23.2 Å². The molecule has 0 saturated carbocycles. The second-order valence-corrected chi connectivity index (χ2v) is 13.3. The zero-order chi connectivity index (χ0) is 28.1. The van der Waals surface area contributed by atoms with Gasteiger partial charge in [0.15, 0.2) is 5.03 Å². The number of anilines is 2. The molecular formula is C25H24BrCl2N5O5S. The number of aliphatic carboxylic acids is 1. The van der Waals surface area contributed by atoms with E-state index in [1.807, 2.05) is 24.3 Å². The first kappa shape index (κ1) is 28.1. The van der Waals surface area contributed by atoms with Gasteiger partial charge in [-0.25, -0.2) is 18.3 Å². The number of amides is 1. The molecule has 10 nitrogen and oxygen atoms in total. The van der Waals surface area contributed by atoms with Gasteiger partial charge in [0, 0.05) is 40.6 Å². The standard InChI is InChI=1S/C25H24BrCl2N5O5S/c1-25(13-15-2-4-16(26)5-3-15)23(36)32(19-11-17(27)10-18(28)12-19)24-30-14-21(33(24)25)39(37,38)31-8-6-20(22(34)35)29-7-9-31/h2-5,10-12,14,20,29H,6-9,13H2,1H3,(H,34,35). The Morgan fingerprint density at radius 3 is 2.49 bits per heavy atom. The van der Waals surface area contributed by atoms with Gasteiger partial charge in [0.2, 0.25) is 5.95 Å². The Labute approximate surface area is 243 Å². The maximum Gasteiger partial charge on any atom is 0.320 e. The summed E-state index contributed by atoms with van der Waals surface area (Å²) in [5.41, 5.74) is -0.202. The molecule has 1 fully saturated rings. The quantitative estimate of drug-likeness (QED) is 0.411. The number of carbonyl (C=O) groups is 2. The molecule has 5 rings (SSSR count). The molecule has 206 valence electrons. The Hall–Kier alpha value is -2.48. The molecule has 2 aliphatic heterocycles. The summed E-state index contributed by atoms with van der Waals surface area (Å²) in [5.74, 6) is -1.32. The van der Waals surface area contributed by atoms with Crippen molar-refractivity contribution in [3.05, 3.63) is 68.7 Å². The summed E-state index contributed by atoms with van der Waals surface area (Å²) >= 11 is 15.9. The zero-order valence-corrected chi connectivity index (χ0v) is 24.6. The lowest BCUT2D eigenvalue weighted by Crippen LogP contribution is -2.43. The van der Waals surface area contributed by atoms with E-state index in [1.165, 1.54) is 26.0 Å². The molecule has 3 heterocycles. The molecule has 0 aliphatic carbocycles. The van der Waals surface area contributed by atoms with Crippen LogP contribution in [0.2, 0.25) is 10.0 Å². The van der Waals surface area contributed by atoms with E-state index in [1.54, 1.807) is 19.1 Å². The van der Waals surface area contributed by atoms with Gasteiger partial charge in [-0.2, -0.15) is 4.31 Å². The largest absolute Gasteiger partial charge is 0.480 e. The van der Waals surface area contributed by atoms with Crippen LogP contribution in [0.3, 0.4) is 0 Å². The predicted octanol–water partition coefficient (Wildman–Crippen LogP) is 4.03. The summed E-state index contributed by atoms with van der Waals surface area (Å²) in [6, 6.07) is 11.2. The van der Waals surface area contributed by atoms with Gasteiger partial charge in [-0.1, -0.05) is 51.3 Å². The van der Waals surface area contributed by atoms with Crippen molar-refractivity contribution >= 4 is 72.7 Å². The van der Waals surface area contributed by atoms with E-state index < -0.39 is 33.5 Å². The molecule has 2 N–H and O–H groups in total. The van der Waals surface area contributed by atoms with Crippen molar-refractivity contribution in [3.8, 4) is 0 Å². The van der Waals surface area contributed by atoms with E-state index in [9.17, 15) is 23.1 Å². The highest BCUT2D eigenvalue weighted by Gasteiger charge is 2.52. The number of hydrogen-bond acceptors (Lipinski definition) is 6. The summed E-state index contributed by atoms with van der Waals surface area (Å²) < 4.78 is 31.5. The number of hydrogen-bond donors (Lipinski definition) is 2. The normalized spacial score (nSPS) is 22.1.